The zero-order chi connectivity index (χ0) is 15.1. The highest BCUT2D eigenvalue weighted by molar-refractivity contribution is 9.10. The van der Waals surface area contributed by atoms with Gasteiger partial charge in [0.25, 0.3) is 0 Å². The maximum Gasteiger partial charge on any atom is 0.417 e. The van der Waals surface area contributed by atoms with E-state index in [1.807, 2.05) is 0 Å². The van der Waals surface area contributed by atoms with Gasteiger partial charge in [-0.25, -0.2) is 4.79 Å². The number of rotatable bonds is 2. The number of aromatic nitrogens is 1. The van der Waals surface area contributed by atoms with Crippen LogP contribution in [0, 0.1) is 0 Å². The number of halogens is 4. The van der Waals surface area contributed by atoms with Crippen LogP contribution in [0.25, 0.3) is 11.3 Å². The maximum absolute atomic E-state index is 13.1. The summed E-state index contributed by atoms with van der Waals surface area (Å²) in [4.78, 5) is 11.0. The monoisotopic (exact) mass is 347 g/mol. The molecule has 1 heterocycles. The van der Waals surface area contributed by atoms with Gasteiger partial charge in [-0.15, -0.1) is 0 Å². The molecule has 0 unspecified atom stereocenters. The largest absolute Gasteiger partial charge is 0.477 e. The third kappa shape index (κ3) is 2.58. The second kappa shape index (κ2) is 4.97. The number of nitrogens with zero attached hydrogens (tertiary/aromatic N) is 1. The molecule has 0 radical (unpaired) electrons. The summed E-state index contributed by atoms with van der Waals surface area (Å²) in [6.45, 7) is 0. The van der Waals surface area contributed by atoms with E-state index in [-0.39, 0.29) is 17.0 Å². The van der Waals surface area contributed by atoms with Crippen LogP contribution in [0.5, 0.6) is 0 Å². The molecule has 0 amide bonds. The Labute approximate surface area is 120 Å². The van der Waals surface area contributed by atoms with Crippen molar-refractivity contribution in [3.8, 4) is 11.3 Å². The molecule has 1 aromatic heterocycles. The lowest BCUT2D eigenvalue weighted by Crippen LogP contribution is -2.10. The fraction of sp³-hybridized carbons (Fsp3) is 0.154. The van der Waals surface area contributed by atoms with E-state index in [0.717, 1.165) is 6.07 Å². The Morgan fingerprint density at radius 2 is 1.90 bits per heavy atom. The number of alkyl halides is 3. The number of carboxylic acid groups (broad SMARTS) is 1. The molecule has 0 aliphatic carbocycles. The molecule has 106 valence electrons. The first-order chi connectivity index (χ1) is 9.21. The van der Waals surface area contributed by atoms with Crippen molar-refractivity contribution in [1.82, 2.24) is 4.57 Å². The average molecular weight is 348 g/mol. The quantitative estimate of drug-likeness (QED) is 0.885. The highest BCUT2D eigenvalue weighted by Crippen LogP contribution is 2.38. The fourth-order valence-electron chi connectivity index (χ4n) is 1.97. The molecule has 1 N–H and O–H groups in total. The van der Waals surface area contributed by atoms with Crippen molar-refractivity contribution in [2.75, 3.05) is 0 Å². The van der Waals surface area contributed by atoms with Crippen LogP contribution in [0.3, 0.4) is 0 Å². The number of hydrogen-bond donors (Lipinski definition) is 1. The minimum atomic E-state index is -4.52. The molecule has 0 spiro atoms. The van der Waals surface area contributed by atoms with Crippen LogP contribution in [0.1, 0.15) is 16.1 Å². The lowest BCUT2D eigenvalue weighted by atomic mass is 10.0. The van der Waals surface area contributed by atoms with Crippen molar-refractivity contribution in [2.24, 2.45) is 7.05 Å². The molecule has 0 aliphatic heterocycles. The summed E-state index contributed by atoms with van der Waals surface area (Å²) < 4.78 is 40.7. The van der Waals surface area contributed by atoms with Gasteiger partial charge in [-0.05, 0) is 24.3 Å². The highest BCUT2D eigenvalue weighted by atomic mass is 79.9. The van der Waals surface area contributed by atoms with Crippen molar-refractivity contribution in [2.45, 2.75) is 6.18 Å². The van der Waals surface area contributed by atoms with E-state index in [1.165, 1.54) is 35.9 Å². The summed E-state index contributed by atoms with van der Waals surface area (Å²) in [6.07, 6.45) is -4.52. The van der Waals surface area contributed by atoms with E-state index in [9.17, 15) is 18.0 Å². The van der Waals surface area contributed by atoms with Gasteiger partial charge in [-0.2, -0.15) is 13.2 Å². The van der Waals surface area contributed by atoms with Crippen molar-refractivity contribution in [3.63, 3.8) is 0 Å². The first kappa shape index (κ1) is 14.6. The van der Waals surface area contributed by atoms with Crippen LogP contribution in [0.2, 0.25) is 0 Å². The summed E-state index contributed by atoms with van der Waals surface area (Å²) in [5.41, 5.74) is -0.751. The van der Waals surface area contributed by atoms with Crippen LogP contribution in [-0.4, -0.2) is 15.6 Å². The number of carboxylic acids is 1. The predicted octanol–water partition coefficient (Wildman–Crippen LogP) is 4.17. The SMILES string of the molecule is Cn1c(C(=O)O)ccc1-c1ccc(Br)cc1C(F)(F)F. The molecule has 0 saturated carbocycles. The van der Waals surface area contributed by atoms with Gasteiger partial charge in [0.15, 0.2) is 0 Å². The Hall–Kier alpha value is -1.76. The van der Waals surface area contributed by atoms with E-state index in [2.05, 4.69) is 15.9 Å². The molecule has 3 nitrogen and oxygen atoms in total. The van der Waals surface area contributed by atoms with Gasteiger partial charge >= 0.3 is 12.1 Å². The van der Waals surface area contributed by atoms with Crippen LogP contribution < -0.4 is 0 Å². The molecule has 2 aromatic rings. The van der Waals surface area contributed by atoms with Crippen molar-refractivity contribution >= 4 is 21.9 Å². The zero-order valence-electron chi connectivity index (χ0n) is 10.2. The Balaban J connectivity index is 2.68. The molecule has 1 aromatic carbocycles. The average Bonchev–Trinajstić information content (AvgIpc) is 2.70. The van der Waals surface area contributed by atoms with E-state index in [0.29, 0.717) is 4.47 Å². The zero-order valence-corrected chi connectivity index (χ0v) is 11.8. The second-order valence-electron chi connectivity index (χ2n) is 4.16. The van der Waals surface area contributed by atoms with E-state index >= 15 is 0 Å². The number of aromatic carboxylic acids is 1. The first-order valence-electron chi connectivity index (χ1n) is 5.48. The molecule has 2 rings (SSSR count). The Morgan fingerprint density at radius 3 is 2.40 bits per heavy atom. The molecule has 20 heavy (non-hydrogen) atoms. The molecule has 0 bridgehead atoms. The van der Waals surface area contributed by atoms with E-state index in [4.69, 9.17) is 5.11 Å². The topological polar surface area (TPSA) is 42.2 Å². The van der Waals surface area contributed by atoms with E-state index in [1.54, 1.807) is 0 Å². The lowest BCUT2D eigenvalue weighted by molar-refractivity contribution is -0.137. The smallest absolute Gasteiger partial charge is 0.417 e. The third-order valence-electron chi connectivity index (χ3n) is 2.90. The van der Waals surface area contributed by atoms with Gasteiger partial charge < -0.3 is 9.67 Å². The molecular formula is C13H9BrF3NO2. The molecule has 0 saturated heterocycles. The van der Waals surface area contributed by atoms with E-state index < -0.39 is 17.7 Å². The standard InChI is InChI=1S/C13H9BrF3NO2/c1-18-10(4-5-11(18)12(19)20)8-3-2-7(14)6-9(8)13(15,16)17/h2-6H,1H3,(H,19,20). The number of benzene rings is 1. The van der Waals surface area contributed by atoms with Crippen LogP contribution in [-0.2, 0) is 13.2 Å². The summed E-state index contributed by atoms with van der Waals surface area (Å²) in [7, 11) is 1.42. The van der Waals surface area contributed by atoms with Gasteiger partial charge in [0.05, 0.1) is 5.56 Å². The molecule has 0 atom stereocenters. The second-order valence-corrected chi connectivity index (χ2v) is 5.07. The van der Waals surface area contributed by atoms with Gasteiger partial charge in [0, 0.05) is 22.8 Å². The Kier molecular flexibility index (Phi) is 3.64. The normalized spacial score (nSPS) is 11.7. The number of carbonyl (C=O) groups is 1. The highest BCUT2D eigenvalue weighted by Gasteiger charge is 2.34. The minimum Gasteiger partial charge on any atom is -0.477 e. The summed E-state index contributed by atoms with van der Waals surface area (Å²) >= 11 is 3.01. The maximum atomic E-state index is 13.1. The van der Waals surface area contributed by atoms with Crippen LogP contribution in [0.15, 0.2) is 34.8 Å². The summed E-state index contributed by atoms with van der Waals surface area (Å²) in [5.74, 6) is -1.19. The summed E-state index contributed by atoms with van der Waals surface area (Å²) in [5, 5.41) is 8.95. The third-order valence-corrected chi connectivity index (χ3v) is 3.40. The summed E-state index contributed by atoms with van der Waals surface area (Å²) in [6, 6.07) is 6.41. The van der Waals surface area contributed by atoms with Gasteiger partial charge in [-0.1, -0.05) is 22.0 Å². The van der Waals surface area contributed by atoms with Crippen LogP contribution >= 0.6 is 15.9 Å². The first-order valence-corrected chi connectivity index (χ1v) is 6.27. The van der Waals surface area contributed by atoms with Crippen molar-refractivity contribution in [3.05, 3.63) is 46.1 Å². The van der Waals surface area contributed by atoms with Gasteiger partial charge in [0.2, 0.25) is 0 Å². The van der Waals surface area contributed by atoms with Crippen LogP contribution in [0.4, 0.5) is 13.2 Å². The van der Waals surface area contributed by atoms with Crippen molar-refractivity contribution in [1.29, 1.82) is 0 Å². The predicted molar refractivity (Wildman–Crippen MR) is 70.5 cm³/mol. The number of hydrogen-bond acceptors (Lipinski definition) is 1. The lowest BCUT2D eigenvalue weighted by Gasteiger charge is -2.14. The molecule has 0 fully saturated rings. The molecule has 7 heteroatoms. The fourth-order valence-corrected chi connectivity index (χ4v) is 2.33. The van der Waals surface area contributed by atoms with Crippen molar-refractivity contribution < 1.29 is 23.1 Å². The molecule has 0 aliphatic rings. The van der Waals surface area contributed by atoms with Gasteiger partial charge in [0.1, 0.15) is 5.69 Å². The Bertz CT molecular complexity index is 677. The van der Waals surface area contributed by atoms with Gasteiger partial charge in [-0.3, -0.25) is 0 Å². The minimum absolute atomic E-state index is 0.0595. The molecular weight excluding hydrogens is 339 g/mol. The Morgan fingerprint density at radius 1 is 1.25 bits per heavy atom.